The molecule has 2 heterocycles. The van der Waals surface area contributed by atoms with E-state index in [1.54, 1.807) is 38.1 Å². The van der Waals surface area contributed by atoms with E-state index >= 15 is 0 Å². The molecule has 7 heteroatoms. The molecule has 25 heavy (non-hydrogen) atoms. The molecular formula is C18H18ClN3O2S. The molecule has 1 atom stereocenters. The van der Waals surface area contributed by atoms with Gasteiger partial charge in [-0.2, -0.15) is 0 Å². The van der Waals surface area contributed by atoms with Gasteiger partial charge in [-0.1, -0.05) is 23.7 Å². The van der Waals surface area contributed by atoms with Gasteiger partial charge in [-0.25, -0.2) is 4.98 Å². The van der Waals surface area contributed by atoms with Crippen molar-refractivity contribution < 1.29 is 4.79 Å². The van der Waals surface area contributed by atoms with Crippen LogP contribution in [0.25, 0.3) is 10.2 Å². The first-order valence-corrected chi connectivity index (χ1v) is 9.05. The summed E-state index contributed by atoms with van der Waals surface area (Å²) in [5, 5.41) is 3.81. The number of anilines is 1. The van der Waals surface area contributed by atoms with Crippen molar-refractivity contribution in [1.82, 2.24) is 9.55 Å². The Balaban J connectivity index is 2.03. The zero-order valence-corrected chi connectivity index (χ0v) is 16.0. The molecule has 0 aliphatic carbocycles. The lowest BCUT2D eigenvalue weighted by Gasteiger charge is -2.18. The van der Waals surface area contributed by atoms with E-state index in [0.29, 0.717) is 26.8 Å². The zero-order valence-electron chi connectivity index (χ0n) is 14.4. The normalized spacial score (nSPS) is 12.4. The number of aryl methyl sites for hydroxylation is 3. The minimum atomic E-state index is -0.708. The molecule has 130 valence electrons. The molecule has 1 unspecified atom stereocenters. The fraction of sp³-hybridized carbons (Fsp3) is 0.278. The first-order chi connectivity index (χ1) is 11.8. The second-order valence-electron chi connectivity index (χ2n) is 5.94. The Kier molecular flexibility index (Phi) is 4.67. The molecule has 3 aromatic rings. The summed E-state index contributed by atoms with van der Waals surface area (Å²) in [7, 11) is 0. The van der Waals surface area contributed by atoms with Gasteiger partial charge in [-0.15, -0.1) is 11.3 Å². The van der Waals surface area contributed by atoms with Crippen LogP contribution in [0.5, 0.6) is 0 Å². The first kappa shape index (κ1) is 17.6. The highest BCUT2D eigenvalue weighted by Gasteiger charge is 2.22. The lowest BCUT2D eigenvalue weighted by Crippen LogP contribution is -2.33. The van der Waals surface area contributed by atoms with Crippen LogP contribution >= 0.6 is 22.9 Å². The maximum Gasteiger partial charge on any atom is 0.263 e. The number of carbonyl (C=O) groups excluding carboxylic acids is 1. The molecule has 0 aliphatic heterocycles. The van der Waals surface area contributed by atoms with Gasteiger partial charge in [0.05, 0.1) is 16.1 Å². The van der Waals surface area contributed by atoms with Crippen LogP contribution < -0.4 is 10.9 Å². The number of nitrogens with one attached hydrogen (secondary N) is 1. The van der Waals surface area contributed by atoms with Crippen LogP contribution in [0.2, 0.25) is 5.02 Å². The van der Waals surface area contributed by atoms with Crippen molar-refractivity contribution in [2.24, 2.45) is 0 Å². The van der Waals surface area contributed by atoms with Crippen LogP contribution in [0.4, 0.5) is 5.69 Å². The van der Waals surface area contributed by atoms with E-state index in [1.165, 1.54) is 15.9 Å². The Hall–Kier alpha value is -2.18. The molecular weight excluding hydrogens is 358 g/mol. The molecule has 0 fully saturated rings. The lowest BCUT2D eigenvalue weighted by atomic mass is 10.2. The van der Waals surface area contributed by atoms with Gasteiger partial charge in [-0.3, -0.25) is 14.2 Å². The van der Waals surface area contributed by atoms with Crippen LogP contribution in [-0.2, 0) is 4.79 Å². The van der Waals surface area contributed by atoms with E-state index in [2.05, 4.69) is 10.3 Å². The fourth-order valence-electron chi connectivity index (χ4n) is 2.78. The summed E-state index contributed by atoms with van der Waals surface area (Å²) < 4.78 is 1.44. The van der Waals surface area contributed by atoms with Crippen molar-refractivity contribution in [2.45, 2.75) is 33.7 Å². The highest BCUT2D eigenvalue weighted by Crippen LogP contribution is 2.27. The van der Waals surface area contributed by atoms with E-state index in [1.807, 2.05) is 13.8 Å². The van der Waals surface area contributed by atoms with Gasteiger partial charge in [0.15, 0.2) is 0 Å². The van der Waals surface area contributed by atoms with Crippen molar-refractivity contribution >= 4 is 44.7 Å². The Labute approximate surface area is 154 Å². The Morgan fingerprint density at radius 3 is 2.64 bits per heavy atom. The predicted octanol–water partition coefficient (Wildman–Crippen LogP) is 4.24. The molecule has 0 spiro atoms. The molecule has 2 aromatic heterocycles. The average Bonchev–Trinajstić information content (AvgIpc) is 2.83. The largest absolute Gasteiger partial charge is 0.323 e. The maximum absolute atomic E-state index is 13.0. The quantitative estimate of drug-likeness (QED) is 0.744. The summed E-state index contributed by atoms with van der Waals surface area (Å²) in [6.45, 7) is 7.30. The predicted molar refractivity (Wildman–Crippen MR) is 103 cm³/mol. The van der Waals surface area contributed by atoms with Crippen molar-refractivity contribution in [3.8, 4) is 0 Å². The summed E-state index contributed by atoms with van der Waals surface area (Å²) in [5.41, 5.74) is 1.25. The third-order valence-electron chi connectivity index (χ3n) is 4.31. The Morgan fingerprint density at radius 2 is 1.96 bits per heavy atom. The molecule has 0 bridgehead atoms. The smallest absolute Gasteiger partial charge is 0.263 e. The topological polar surface area (TPSA) is 64.0 Å². The second-order valence-corrected chi connectivity index (χ2v) is 7.55. The molecule has 0 saturated heterocycles. The van der Waals surface area contributed by atoms with Crippen molar-refractivity contribution in [3.63, 3.8) is 0 Å². The number of thiophene rings is 1. The third kappa shape index (κ3) is 3.07. The lowest BCUT2D eigenvalue weighted by molar-refractivity contribution is -0.118. The number of para-hydroxylation sites is 1. The van der Waals surface area contributed by atoms with Crippen molar-refractivity contribution in [2.75, 3.05) is 5.32 Å². The summed E-state index contributed by atoms with van der Waals surface area (Å²) in [6, 6.07) is 6.28. The number of benzene rings is 1. The molecule has 0 aliphatic rings. The monoisotopic (exact) mass is 375 g/mol. The highest BCUT2D eigenvalue weighted by molar-refractivity contribution is 7.18. The number of fused-ring (bicyclic) bond motifs is 1. The summed E-state index contributed by atoms with van der Waals surface area (Å²) in [6.07, 6.45) is 0. The molecule has 0 saturated carbocycles. The second kappa shape index (κ2) is 6.61. The van der Waals surface area contributed by atoms with Crippen molar-refractivity contribution in [3.05, 3.63) is 55.9 Å². The number of aromatic nitrogens is 2. The molecule has 5 nitrogen and oxygen atoms in total. The van der Waals surface area contributed by atoms with Crippen LogP contribution in [0.3, 0.4) is 0 Å². The summed E-state index contributed by atoms with van der Waals surface area (Å²) >= 11 is 7.59. The van der Waals surface area contributed by atoms with Gasteiger partial charge in [0.2, 0.25) is 5.91 Å². The van der Waals surface area contributed by atoms with E-state index < -0.39 is 6.04 Å². The molecule has 1 N–H and O–H groups in total. The zero-order chi connectivity index (χ0) is 18.3. The van der Waals surface area contributed by atoms with Gasteiger partial charge in [0.1, 0.15) is 16.7 Å². The Morgan fingerprint density at radius 1 is 1.28 bits per heavy atom. The van der Waals surface area contributed by atoms with Gasteiger partial charge in [-0.05, 0) is 45.4 Å². The van der Waals surface area contributed by atoms with Crippen LogP contribution in [0, 0.1) is 20.8 Å². The number of halogens is 1. The van der Waals surface area contributed by atoms with Gasteiger partial charge in [0, 0.05) is 4.88 Å². The van der Waals surface area contributed by atoms with E-state index in [-0.39, 0.29) is 11.5 Å². The first-order valence-electron chi connectivity index (χ1n) is 7.85. The molecule has 0 radical (unpaired) electrons. The van der Waals surface area contributed by atoms with E-state index in [9.17, 15) is 9.59 Å². The van der Waals surface area contributed by atoms with E-state index in [0.717, 1.165) is 10.4 Å². The third-order valence-corrected chi connectivity index (χ3v) is 5.74. The maximum atomic E-state index is 13.0. The summed E-state index contributed by atoms with van der Waals surface area (Å²) in [4.78, 5) is 31.9. The van der Waals surface area contributed by atoms with Crippen molar-refractivity contribution in [1.29, 1.82) is 0 Å². The summed E-state index contributed by atoms with van der Waals surface area (Å²) in [5.74, 6) is 0.199. The molecule has 1 amide bonds. The van der Waals surface area contributed by atoms with Gasteiger partial charge in [0.25, 0.3) is 5.56 Å². The minimum Gasteiger partial charge on any atom is -0.323 e. The number of carbonyl (C=O) groups is 1. The van der Waals surface area contributed by atoms with Crippen LogP contribution in [0.1, 0.15) is 29.2 Å². The van der Waals surface area contributed by atoms with Crippen LogP contribution in [0.15, 0.2) is 29.1 Å². The van der Waals surface area contributed by atoms with Crippen LogP contribution in [-0.4, -0.2) is 15.5 Å². The number of amides is 1. The minimum absolute atomic E-state index is 0.189. The molecule has 1 aromatic carbocycles. The number of hydrogen-bond donors (Lipinski definition) is 1. The number of nitrogens with zero attached hydrogens (tertiary/aromatic N) is 2. The average molecular weight is 376 g/mol. The SMILES string of the molecule is Cc1sc2nc(C)n(C(C)C(=O)Nc3ccccc3Cl)c(=O)c2c1C. The van der Waals surface area contributed by atoms with Gasteiger partial charge >= 0.3 is 0 Å². The highest BCUT2D eigenvalue weighted by atomic mass is 35.5. The van der Waals surface area contributed by atoms with Gasteiger partial charge < -0.3 is 5.32 Å². The van der Waals surface area contributed by atoms with E-state index in [4.69, 9.17) is 11.6 Å². The number of hydrogen-bond acceptors (Lipinski definition) is 4. The Bertz CT molecular complexity index is 1040. The molecule has 3 rings (SSSR count). The number of rotatable bonds is 3. The fourth-order valence-corrected chi connectivity index (χ4v) is 4.03. The standard InChI is InChI=1S/C18H18ClN3O2S/c1-9-11(3)25-17-15(9)18(24)22(12(4)20-17)10(2)16(23)21-14-8-6-5-7-13(14)19/h5-8,10H,1-4H3,(H,21,23).